The first-order valence-electron chi connectivity index (χ1n) is 6.00. The monoisotopic (exact) mass is 276 g/mol. The van der Waals surface area contributed by atoms with Gasteiger partial charge in [0.25, 0.3) is 5.91 Å². The van der Waals surface area contributed by atoms with E-state index in [4.69, 9.17) is 0 Å². The molecule has 0 unspecified atom stereocenters. The molecule has 0 saturated heterocycles. The van der Waals surface area contributed by atoms with Crippen LogP contribution in [-0.2, 0) is 5.41 Å². The zero-order valence-electron chi connectivity index (χ0n) is 10.9. The number of hydrogen-bond acceptors (Lipinski definition) is 3. The number of nitrogens with one attached hydrogen (secondary N) is 2. The number of aromatic amines is 1. The zero-order valence-corrected chi connectivity index (χ0v) is 11.7. The number of carbonyl (C=O) groups is 1. The molecule has 5 heteroatoms. The number of H-pyrrole nitrogens is 1. The molecule has 0 bridgehead atoms. The van der Waals surface area contributed by atoms with Gasteiger partial charge in [-0.05, 0) is 17.5 Å². The Bertz CT molecular complexity index is 614. The number of thiophene rings is 1. The standard InChI is InChI=1S/C14H16N2O2S/c1-14(2,11-6-4-8-19-11)9-15-13(18)10-5-3-7-12(17)16-10/h3-8H,9H2,1-2H3,(H,15,18)(H,16,17). The molecule has 4 nitrogen and oxygen atoms in total. The third-order valence-corrected chi connectivity index (χ3v) is 4.13. The summed E-state index contributed by atoms with van der Waals surface area (Å²) in [5.41, 5.74) is -0.113. The van der Waals surface area contributed by atoms with Crippen molar-refractivity contribution in [2.24, 2.45) is 0 Å². The Hall–Kier alpha value is -1.88. The minimum Gasteiger partial charge on any atom is -0.350 e. The number of aromatic nitrogens is 1. The van der Waals surface area contributed by atoms with Gasteiger partial charge in [-0.25, -0.2) is 0 Å². The Morgan fingerprint density at radius 3 is 2.74 bits per heavy atom. The maximum atomic E-state index is 11.9. The van der Waals surface area contributed by atoms with Crippen molar-refractivity contribution in [2.75, 3.05) is 6.54 Å². The minimum atomic E-state index is -0.273. The van der Waals surface area contributed by atoms with Gasteiger partial charge < -0.3 is 10.3 Å². The summed E-state index contributed by atoms with van der Waals surface area (Å²) in [7, 11) is 0. The van der Waals surface area contributed by atoms with Crippen LogP contribution in [0.5, 0.6) is 0 Å². The third kappa shape index (κ3) is 3.32. The van der Waals surface area contributed by atoms with Crippen molar-refractivity contribution in [1.82, 2.24) is 10.3 Å². The molecule has 100 valence electrons. The molecule has 0 spiro atoms. The van der Waals surface area contributed by atoms with E-state index in [2.05, 4.69) is 30.2 Å². The molecule has 19 heavy (non-hydrogen) atoms. The van der Waals surface area contributed by atoms with E-state index in [1.165, 1.54) is 10.9 Å². The lowest BCUT2D eigenvalue weighted by molar-refractivity contribution is 0.0940. The zero-order chi connectivity index (χ0) is 13.9. The first kappa shape index (κ1) is 13.5. The highest BCUT2D eigenvalue weighted by atomic mass is 32.1. The second-order valence-electron chi connectivity index (χ2n) is 4.97. The van der Waals surface area contributed by atoms with Crippen LogP contribution in [0.25, 0.3) is 0 Å². The van der Waals surface area contributed by atoms with Gasteiger partial charge in [0, 0.05) is 22.9 Å². The lowest BCUT2D eigenvalue weighted by atomic mass is 9.91. The second kappa shape index (κ2) is 5.40. The van der Waals surface area contributed by atoms with Crippen LogP contribution in [0.3, 0.4) is 0 Å². The molecule has 2 rings (SSSR count). The summed E-state index contributed by atoms with van der Waals surface area (Å²) >= 11 is 1.67. The Labute approximate surface area is 115 Å². The molecule has 0 radical (unpaired) electrons. The predicted octanol–water partition coefficient (Wildman–Crippen LogP) is 2.14. The fraction of sp³-hybridized carbons (Fsp3) is 0.286. The van der Waals surface area contributed by atoms with Crippen molar-refractivity contribution >= 4 is 17.2 Å². The van der Waals surface area contributed by atoms with Crippen molar-refractivity contribution in [2.45, 2.75) is 19.3 Å². The van der Waals surface area contributed by atoms with Crippen molar-refractivity contribution in [1.29, 1.82) is 0 Å². The van der Waals surface area contributed by atoms with Crippen LogP contribution in [0.1, 0.15) is 29.2 Å². The fourth-order valence-electron chi connectivity index (χ4n) is 1.73. The quantitative estimate of drug-likeness (QED) is 0.898. The number of rotatable bonds is 4. The highest BCUT2D eigenvalue weighted by Gasteiger charge is 2.22. The summed E-state index contributed by atoms with van der Waals surface area (Å²) in [6, 6.07) is 8.60. The van der Waals surface area contributed by atoms with Crippen LogP contribution in [0, 0.1) is 0 Å². The largest absolute Gasteiger partial charge is 0.350 e. The SMILES string of the molecule is CC(C)(CNC(=O)c1cccc(=O)[nH]1)c1cccs1. The van der Waals surface area contributed by atoms with Crippen LogP contribution < -0.4 is 10.9 Å². The van der Waals surface area contributed by atoms with Gasteiger partial charge in [0.15, 0.2) is 0 Å². The van der Waals surface area contributed by atoms with E-state index in [1.807, 2.05) is 11.4 Å². The predicted molar refractivity (Wildman–Crippen MR) is 76.7 cm³/mol. The van der Waals surface area contributed by atoms with Crippen molar-refractivity contribution in [3.05, 3.63) is 56.6 Å². The Morgan fingerprint density at radius 1 is 1.32 bits per heavy atom. The van der Waals surface area contributed by atoms with Gasteiger partial charge >= 0.3 is 0 Å². The van der Waals surface area contributed by atoms with Crippen LogP contribution in [0.15, 0.2) is 40.5 Å². The summed E-state index contributed by atoms with van der Waals surface area (Å²) < 4.78 is 0. The summed E-state index contributed by atoms with van der Waals surface area (Å²) in [6.07, 6.45) is 0. The molecule has 0 aromatic carbocycles. The van der Waals surface area contributed by atoms with E-state index in [1.54, 1.807) is 23.5 Å². The van der Waals surface area contributed by atoms with Crippen molar-refractivity contribution in [3.63, 3.8) is 0 Å². The average Bonchev–Trinajstić information content (AvgIpc) is 2.90. The summed E-state index contributed by atoms with van der Waals surface area (Å²) in [6.45, 7) is 4.67. The highest BCUT2D eigenvalue weighted by Crippen LogP contribution is 2.26. The number of pyridine rings is 1. The van der Waals surface area contributed by atoms with Crippen molar-refractivity contribution < 1.29 is 4.79 Å². The van der Waals surface area contributed by atoms with Crippen LogP contribution in [-0.4, -0.2) is 17.4 Å². The number of carbonyl (C=O) groups excluding carboxylic acids is 1. The van der Waals surface area contributed by atoms with Gasteiger partial charge in [0.05, 0.1) is 0 Å². The second-order valence-corrected chi connectivity index (χ2v) is 5.92. The molecule has 0 aliphatic carbocycles. The Balaban J connectivity index is 2.03. The lowest BCUT2D eigenvalue weighted by Crippen LogP contribution is -2.37. The molecule has 2 heterocycles. The smallest absolute Gasteiger partial charge is 0.267 e. The maximum absolute atomic E-state index is 11.9. The molecule has 1 amide bonds. The van der Waals surface area contributed by atoms with Gasteiger partial charge in [-0.1, -0.05) is 26.0 Å². The molecule has 0 saturated carbocycles. The molecular weight excluding hydrogens is 260 g/mol. The average molecular weight is 276 g/mol. The van der Waals surface area contributed by atoms with Crippen molar-refractivity contribution in [3.8, 4) is 0 Å². The molecule has 0 aliphatic heterocycles. The molecule has 2 aromatic rings. The van der Waals surface area contributed by atoms with Crippen LogP contribution >= 0.6 is 11.3 Å². The first-order chi connectivity index (χ1) is 8.99. The van der Waals surface area contributed by atoms with E-state index in [-0.39, 0.29) is 22.6 Å². The Morgan fingerprint density at radius 2 is 2.11 bits per heavy atom. The lowest BCUT2D eigenvalue weighted by Gasteiger charge is -2.23. The van der Waals surface area contributed by atoms with E-state index < -0.39 is 0 Å². The molecule has 0 aliphatic rings. The highest BCUT2D eigenvalue weighted by molar-refractivity contribution is 7.10. The van der Waals surface area contributed by atoms with Gasteiger partial charge in [-0.3, -0.25) is 9.59 Å². The van der Waals surface area contributed by atoms with E-state index in [0.29, 0.717) is 6.54 Å². The van der Waals surface area contributed by atoms with Gasteiger partial charge in [-0.15, -0.1) is 11.3 Å². The molecular formula is C14H16N2O2S. The van der Waals surface area contributed by atoms with Gasteiger partial charge in [-0.2, -0.15) is 0 Å². The number of amides is 1. The molecule has 0 fully saturated rings. The van der Waals surface area contributed by atoms with E-state index in [9.17, 15) is 9.59 Å². The summed E-state index contributed by atoms with van der Waals surface area (Å²) in [5, 5.41) is 4.87. The molecule has 2 N–H and O–H groups in total. The minimum absolute atomic E-state index is 0.126. The number of hydrogen-bond donors (Lipinski definition) is 2. The molecule has 2 aromatic heterocycles. The normalized spacial score (nSPS) is 11.3. The van der Waals surface area contributed by atoms with E-state index >= 15 is 0 Å². The van der Waals surface area contributed by atoms with Crippen LogP contribution in [0.4, 0.5) is 0 Å². The maximum Gasteiger partial charge on any atom is 0.267 e. The fourth-order valence-corrected chi connectivity index (χ4v) is 2.58. The van der Waals surface area contributed by atoms with Gasteiger partial charge in [0.2, 0.25) is 5.56 Å². The molecule has 0 atom stereocenters. The topological polar surface area (TPSA) is 62.0 Å². The van der Waals surface area contributed by atoms with Crippen LogP contribution in [0.2, 0.25) is 0 Å². The summed E-state index contributed by atoms with van der Waals surface area (Å²) in [4.78, 5) is 26.8. The third-order valence-electron chi connectivity index (χ3n) is 2.89. The first-order valence-corrected chi connectivity index (χ1v) is 6.88. The Kier molecular flexibility index (Phi) is 3.85. The summed E-state index contributed by atoms with van der Waals surface area (Å²) in [5.74, 6) is -0.262. The van der Waals surface area contributed by atoms with E-state index in [0.717, 1.165) is 0 Å². The van der Waals surface area contributed by atoms with Gasteiger partial charge in [0.1, 0.15) is 5.69 Å².